The van der Waals surface area contributed by atoms with E-state index in [0.29, 0.717) is 6.04 Å². The summed E-state index contributed by atoms with van der Waals surface area (Å²) < 4.78 is 2.42. The van der Waals surface area contributed by atoms with Crippen molar-refractivity contribution in [3.05, 3.63) is 30.1 Å². The van der Waals surface area contributed by atoms with Gasteiger partial charge in [0, 0.05) is 6.04 Å². The van der Waals surface area contributed by atoms with Crippen LogP contribution in [0.4, 0.5) is 0 Å². The van der Waals surface area contributed by atoms with Crippen LogP contribution in [-0.2, 0) is 0 Å². The van der Waals surface area contributed by atoms with Crippen molar-refractivity contribution in [1.82, 2.24) is 9.55 Å². The van der Waals surface area contributed by atoms with E-state index in [1.165, 1.54) is 37.6 Å². The average Bonchev–Trinajstić information content (AvgIpc) is 2.70. The molecule has 3 atom stereocenters. The van der Waals surface area contributed by atoms with Gasteiger partial charge in [-0.3, -0.25) is 0 Å². The minimum atomic E-state index is -0.0388. The molecule has 2 aromatic rings. The van der Waals surface area contributed by atoms with E-state index in [9.17, 15) is 0 Å². The zero-order chi connectivity index (χ0) is 14.1. The topological polar surface area (TPSA) is 17.8 Å². The number of nitrogens with zero attached hydrogens (tertiary/aromatic N) is 2. The number of imidazole rings is 1. The summed E-state index contributed by atoms with van der Waals surface area (Å²) in [5, 5.41) is -0.0388. The standard InChI is InChI=1S/C17H23ClN2/c1-12-6-5-7-14(11-10-12)20-16-9-4-3-8-15(16)19-17(20)13(2)18/h3-4,8-9,12-14H,5-7,10-11H2,1-2H3. The first-order valence-corrected chi connectivity index (χ1v) is 8.21. The van der Waals surface area contributed by atoms with Crippen LogP contribution < -0.4 is 0 Å². The maximum absolute atomic E-state index is 6.39. The van der Waals surface area contributed by atoms with Gasteiger partial charge in [0.15, 0.2) is 0 Å². The van der Waals surface area contributed by atoms with E-state index in [1.807, 2.05) is 6.92 Å². The summed E-state index contributed by atoms with van der Waals surface area (Å²) in [6, 6.07) is 8.98. The lowest BCUT2D eigenvalue weighted by atomic mass is 10.0. The highest BCUT2D eigenvalue weighted by Gasteiger charge is 2.23. The number of halogens is 1. The summed E-state index contributed by atoms with van der Waals surface area (Å²) in [5.41, 5.74) is 2.32. The van der Waals surface area contributed by atoms with Gasteiger partial charge in [-0.2, -0.15) is 0 Å². The summed E-state index contributed by atoms with van der Waals surface area (Å²) in [6.07, 6.45) is 6.48. The molecule has 0 saturated heterocycles. The highest BCUT2D eigenvalue weighted by atomic mass is 35.5. The monoisotopic (exact) mass is 290 g/mol. The van der Waals surface area contributed by atoms with Crippen LogP contribution >= 0.6 is 11.6 Å². The van der Waals surface area contributed by atoms with Gasteiger partial charge in [-0.1, -0.05) is 31.9 Å². The van der Waals surface area contributed by atoms with Gasteiger partial charge in [-0.15, -0.1) is 11.6 Å². The summed E-state index contributed by atoms with van der Waals surface area (Å²) in [6.45, 7) is 4.40. The average molecular weight is 291 g/mol. The highest BCUT2D eigenvalue weighted by molar-refractivity contribution is 6.20. The molecule has 1 aliphatic carbocycles. The van der Waals surface area contributed by atoms with Crippen LogP contribution in [0.1, 0.15) is 63.2 Å². The zero-order valence-corrected chi connectivity index (χ0v) is 13.1. The first-order valence-electron chi connectivity index (χ1n) is 7.77. The Labute approximate surface area is 126 Å². The molecular weight excluding hydrogens is 268 g/mol. The fraction of sp³-hybridized carbons (Fsp3) is 0.588. The number of rotatable bonds is 2. The van der Waals surface area contributed by atoms with Crippen LogP contribution in [0.25, 0.3) is 11.0 Å². The maximum atomic E-state index is 6.39. The maximum Gasteiger partial charge on any atom is 0.127 e. The molecule has 0 amide bonds. The van der Waals surface area contributed by atoms with Gasteiger partial charge in [-0.25, -0.2) is 4.98 Å². The van der Waals surface area contributed by atoms with Crippen molar-refractivity contribution in [1.29, 1.82) is 0 Å². The second-order valence-corrected chi connectivity index (χ2v) is 6.87. The molecule has 0 bridgehead atoms. The summed E-state index contributed by atoms with van der Waals surface area (Å²) >= 11 is 6.39. The van der Waals surface area contributed by atoms with Gasteiger partial charge in [0.1, 0.15) is 5.82 Å². The van der Waals surface area contributed by atoms with Gasteiger partial charge in [0.05, 0.1) is 16.4 Å². The normalized spacial score (nSPS) is 25.6. The first kappa shape index (κ1) is 13.9. The predicted octanol–water partition coefficient (Wildman–Crippen LogP) is 5.48. The third-order valence-electron chi connectivity index (χ3n) is 4.57. The number of para-hydroxylation sites is 2. The van der Waals surface area contributed by atoms with Crippen molar-refractivity contribution in [3.63, 3.8) is 0 Å². The molecule has 20 heavy (non-hydrogen) atoms. The lowest BCUT2D eigenvalue weighted by molar-refractivity contribution is 0.430. The molecular formula is C17H23ClN2. The van der Waals surface area contributed by atoms with E-state index < -0.39 is 0 Å². The van der Waals surface area contributed by atoms with Crippen LogP contribution in [0, 0.1) is 5.92 Å². The van der Waals surface area contributed by atoms with Crippen molar-refractivity contribution in [3.8, 4) is 0 Å². The minimum Gasteiger partial charge on any atom is -0.324 e. The van der Waals surface area contributed by atoms with Crippen molar-refractivity contribution in [2.75, 3.05) is 0 Å². The van der Waals surface area contributed by atoms with Gasteiger partial charge in [-0.05, 0) is 44.2 Å². The van der Waals surface area contributed by atoms with Gasteiger partial charge in [0.2, 0.25) is 0 Å². The minimum absolute atomic E-state index is 0.0388. The quantitative estimate of drug-likeness (QED) is 0.529. The van der Waals surface area contributed by atoms with Crippen LogP contribution in [-0.4, -0.2) is 9.55 Å². The molecule has 1 aliphatic rings. The van der Waals surface area contributed by atoms with Crippen molar-refractivity contribution in [2.45, 2.75) is 57.4 Å². The van der Waals surface area contributed by atoms with E-state index in [1.54, 1.807) is 0 Å². The zero-order valence-electron chi connectivity index (χ0n) is 12.3. The molecule has 1 saturated carbocycles. The Bertz CT molecular complexity index is 588. The fourth-order valence-corrected chi connectivity index (χ4v) is 3.61. The molecule has 1 aromatic carbocycles. The number of hydrogen-bond acceptors (Lipinski definition) is 1. The van der Waals surface area contributed by atoms with Crippen molar-refractivity contribution in [2.24, 2.45) is 5.92 Å². The van der Waals surface area contributed by atoms with Crippen LogP contribution in [0.3, 0.4) is 0 Å². The second kappa shape index (κ2) is 5.77. The third-order valence-corrected chi connectivity index (χ3v) is 4.77. The highest BCUT2D eigenvalue weighted by Crippen LogP contribution is 2.36. The Morgan fingerprint density at radius 1 is 1.20 bits per heavy atom. The van der Waals surface area contributed by atoms with E-state index in [2.05, 4.69) is 35.8 Å². The number of alkyl halides is 1. The number of fused-ring (bicyclic) bond motifs is 1. The molecule has 3 unspecified atom stereocenters. The van der Waals surface area contributed by atoms with Crippen molar-refractivity contribution >= 4 is 22.6 Å². The van der Waals surface area contributed by atoms with Gasteiger partial charge < -0.3 is 4.57 Å². The van der Waals surface area contributed by atoms with Gasteiger partial charge >= 0.3 is 0 Å². The smallest absolute Gasteiger partial charge is 0.127 e. The van der Waals surface area contributed by atoms with E-state index in [-0.39, 0.29) is 5.38 Å². The largest absolute Gasteiger partial charge is 0.324 e. The lowest BCUT2D eigenvalue weighted by Crippen LogP contribution is -2.12. The Morgan fingerprint density at radius 3 is 2.80 bits per heavy atom. The number of hydrogen-bond donors (Lipinski definition) is 0. The lowest BCUT2D eigenvalue weighted by Gasteiger charge is -2.21. The first-order chi connectivity index (χ1) is 9.66. The molecule has 1 heterocycles. The molecule has 0 aliphatic heterocycles. The summed E-state index contributed by atoms with van der Waals surface area (Å²) in [5.74, 6) is 1.89. The molecule has 0 radical (unpaired) electrons. The molecule has 0 spiro atoms. The molecule has 1 aromatic heterocycles. The van der Waals surface area contributed by atoms with Crippen LogP contribution in [0.15, 0.2) is 24.3 Å². The van der Waals surface area contributed by atoms with Gasteiger partial charge in [0.25, 0.3) is 0 Å². The molecule has 0 N–H and O–H groups in total. The molecule has 3 heteroatoms. The predicted molar refractivity (Wildman–Crippen MR) is 85.3 cm³/mol. The SMILES string of the molecule is CC1CCCC(n2c(C(C)Cl)nc3ccccc32)CC1. The Kier molecular flexibility index (Phi) is 4.02. The second-order valence-electron chi connectivity index (χ2n) is 6.21. The molecule has 108 valence electrons. The molecule has 3 rings (SSSR count). The Hall–Kier alpha value is -1.02. The van der Waals surface area contributed by atoms with E-state index in [4.69, 9.17) is 16.6 Å². The summed E-state index contributed by atoms with van der Waals surface area (Å²) in [7, 11) is 0. The van der Waals surface area contributed by atoms with E-state index in [0.717, 1.165) is 17.3 Å². The fourth-order valence-electron chi connectivity index (χ4n) is 3.45. The summed E-state index contributed by atoms with van der Waals surface area (Å²) in [4.78, 5) is 4.77. The van der Waals surface area contributed by atoms with Crippen LogP contribution in [0.2, 0.25) is 0 Å². The third kappa shape index (κ3) is 2.58. The number of benzene rings is 1. The Morgan fingerprint density at radius 2 is 2.00 bits per heavy atom. The van der Waals surface area contributed by atoms with E-state index >= 15 is 0 Å². The van der Waals surface area contributed by atoms with Crippen LogP contribution in [0.5, 0.6) is 0 Å². The molecule has 2 nitrogen and oxygen atoms in total. The Balaban J connectivity index is 2.06. The number of aromatic nitrogens is 2. The van der Waals surface area contributed by atoms with Crippen molar-refractivity contribution < 1.29 is 0 Å². The molecule has 1 fully saturated rings.